The molecule has 6 nitrogen and oxygen atoms in total. The zero-order valence-electron chi connectivity index (χ0n) is 49.1. The van der Waals surface area contributed by atoms with E-state index in [0.29, 0.717) is 18.2 Å². The number of likely N-dealkylation sites (tertiary alicyclic amines) is 1. The van der Waals surface area contributed by atoms with Gasteiger partial charge in [0, 0.05) is 72.8 Å². The van der Waals surface area contributed by atoms with Crippen molar-refractivity contribution < 1.29 is 61.6 Å². The molecular weight excluding hydrogens is 710 g/mol. The predicted octanol–water partition coefficient (Wildman–Crippen LogP) is 8.71. The number of fused-ring (bicyclic) bond motifs is 1. The van der Waals surface area contributed by atoms with Gasteiger partial charge in [0.1, 0.15) is 6.50 Å². The Balaban J connectivity index is 1.71. The van der Waals surface area contributed by atoms with Gasteiger partial charge in [-0.2, -0.15) is 13.2 Å². The van der Waals surface area contributed by atoms with Gasteiger partial charge >= 0.3 is 6.18 Å². The molecule has 1 saturated heterocycles. The minimum Gasteiger partial charge on any atom is -0.383 e. The number of halogens is 5. The molecule has 1 aliphatic heterocycles. The Hall–Kier alpha value is -4.52. The van der Waals surface area contributed by atoms with Crippen molar-refractivity contribution >= 4 is 28.6 Å². The molecule has 0 radical (unpaired) electrons. The highest BCUT2D eigenvalue weighted by molar-refractivity contribution is 7.98. The Morgan fingerprint density at radius 2 is 1.75 bits per heavy atom. The smallest absolute Gasteiger partial charge is 0.383 e. The summed E-state index contributed by atoms with van der Waals surface area (Å²) in [6, 6.07) is 0.309. The van der Waals surface area contributed by atoms with Crippen molar-refractivity contribution in [3.63, 3.8) is 0 Å². The molecule has 6 rings (SSSR count). The maximum absolute atomic E-state index is 15.8. The second kappa shape index (κ2) is 16.7. The third-order valence-corrected chi connectivity index (χ3v) is 8.42. The monoisotopic (exact) mass is 771 g/mol. The number of aromatic nitrogens is 1. The summed E-state index contributed by atoms with van der Waals surface area (Å²) in [4.78, 5) is 28.4. The highest BCUT2D eigenvalue weighted by Crippen LogP contribution is 2.32. The number of thioether (sulfide) groups is 1. The fourth-order valence-electron chi connectivity index (χ4n) is 4.82. The van der Waals surface area contributed by atoms with E-state index in [0.717, 1.165) is 55.5 Å². The van der Waals surface area contributed by atoms with Crippen LogP contribution in [0.3, 0.4) is 0 Å². The number of amides is 1. The van der Waals surface area contributed by atoms with Gasteiger partial charge in [-0.25, -0.2) is 8.78 Å². The van der Waals surface area contributed by atoms with Crippen LogP contribution in [0.25, 0.3) is 22.0 Å². The van der Waals surface area contributed by atoms with Gasteiger partial charge < -0.3 is 19.1 Å². The lowest BCUT2D eigenvalue weighted by Gasteiger charge is -2.39. The first-order valence-corrected chi connectivity index (χ1v) is 16.2. The minimum absolute atomic E-state index is 0.00650. The summed E-state index contributed by atoms with van der Waals surface area (Å²) in [5.41, 5.74) is -5.65. The molecule has 0 saturated carbocycles. The van der Waals surface area contributed by atoms with E-state index in [4.69, 9.17) is 17.8 Å². The first kappa shape index (κ1) is 19.2. The standard InChI is InChI=1S/C41H40F5N3O3S/c1-27-6-15-36-34(22-27)37(50)23-39(53-26-31-4-3-5-35(42)40(31)43)49(36)25-38(51)48(33-16-18-47(19-17-33)20-21-52-2)24-28-7-9-29(10-8-28)30-11-13-32(14-12-30)41(44,45)46/h3-15,22-23,33H,16-21,24-26H2,1-2H3/i2D3,6D,15D,16D2,17D2,18D2,19D2,21D2,22D,23D,24D2,25D2,33D. The van der Waals surface area contributed by atoms with Crippen LogP contribution in [0, 0.1) is 18.6 Å². The van der Waals surface area contributed by atoms with E-state index in [1.54, 1.807) is 0 Å². The van der Waals surface area contributed by atoms with Crippen molar-refractivity contribution in [1.82, 2.24) is 14.4 Å². The molecule has 1 amide bonds. The number of pyridine rings is 1. The van der Waals surface area contributed by atoms with Gasteiger partial charge in [0.25, 0.3) is 0 Å². The summed E-state index contributed by atoms with van der Waals surface area (Å²) in [5, 5.41) is -2.18. The number of rotatable bonds is 12. The molecular formula is C41H40F5N3O3S. The van der Waals surface area contributed by atoms with E-state index < -0.39 is 172 Å². The normalized spacial score (nSPS) is 25.7. The summed E-state index contributed by atoms with van der Waals surface area (Å²) in [5.74, 6) is -6.49. The number of carbonyl (C=O) groups excluding carboxylic acids is 1. The van der Waals surface area contributed by atoms with E-state index in [9.17, 15) is 34.7 Å². The van der Waals surface area contributed by atoms with E-state index in [1.165, 1.54) is 0 Å². The Kier molecular flexibility index (Phi) is 6.03. The van der Waals surface area contributed by atoms with Crippen molar-refractivity contribution in [3.05, 3.63) is 135 Å². The molecule has 0 atom stereocenters. The predicted molar refractivity (Wildman–Crippen MR) is 198 cm³/mol. The van der Waals surface area contributed by atoms with Crippen LogP contribution in [0.5, 0.6) is 0 Å². The van der Waals surface area contributed by atoms with Crippen molar-refractivity contribution in [2.75, 3.05) is 33.1 Å². The van der Waals surface area contributed by atoms with E-state index >= 15 is 9.18 Å². The van der Waals surface area contributed by atoms with Gasteiger partial charge in [0.05, 0.1) is 41.9 Å². The molecule has 2 heterocycles. The molecule has 1 aromatic heterocycles. The van der Waals surface area contributed by atoms with Crippen LogP contribution in [0.4, 0.5) is 22.0 Å². The van der Waals surface area contributed by atoms with Crippen LogP contribution in [0.1, 0.15) is 65.2 Å². The van der Waals surface area contributed by atoms with Crippen LogP contribution in [0.2, 0.25) is 0 Å². The first-order chi connectivity index (χ1) is 33.9. The highest BCUT2D eigenvalue weighted by atomic mass is 32.2. The van der Waals surface area contributed by atoms with E-state index in [1.807, 2.05) is 0 Å². The topological polar surface area (TPSA) is 54.8 Å². The number of benzene rings is 4. The SMILES string of the molecule is [2H]c1c(C)c([2H])c2c(=O)c([2H])c(SCc3cccc(F)c3F)n(C([2H])([2H])C(=O)N(C([2H])([2H])c3ccc(-c4ccc(C(F)(F)F)cc4)cc3)C3([2H])C([2H])([2H])C([2H])([2H])N(CC([2H])([2H])OC([2H])([2H])[2H])C([2H])([2H])C3([2H])[2H])c2c1[2H]. The highest BCUT2D eigenvalue weighted by Gasteiger charge is 2.31. The summed E-state index contributed by atoms with van der Waals surface area (Å²) in [6.07, 6.45) is -14.2. The van der Waals surface area contributed by atoms with Crippen molar-refractivity contribution in [1.29, 1.82) is 0 Å². The quantitative estimate of drug-likeness (QED) is 0.0939. The van der Waals surface area contributed by atoms with Crippen LogP contribution < -0.4 is 5.43 Å². The van der Waals surface area contributed by atoms with Crippen molar-refractivity contribution in [2.45, 2.75) is 55.6 Å². The van der Waals surface area contributed by atoms with Crippen LogP contribution in [-0.2, 0) is 34.5 Å². The van der Waals surface area contributed by atoms with E-state index in [2.05, 4.69) is 4.74 Å². The second-order valence-electron chi connectivity index (χ2n) is 11.0. The summed E-state index contributed by atoms with van der Waals surface area (Å²) < 4.78 is 269. The second-order valence-corrected chi connectivity index (χ2v) is 12.0. The molecule has 0 aliphatic carbocycles. The lowest BCUT2D eigenvalue weighted by atomic mass is 10.00. The molecule has 53 heavy (non-hydrogen) atoms. The fourth-order valence-corrected chi connectivity index (χ4v) is 5.76. The molecule has 12 heteroatoms. The number of hydrogen-bond acceptors (Lipinski definition) is 5. The largest absolute Gasteiger partial charge is 0.416 e. The molecule has 1 fully saturated rings. The van der Waals surface area contributed by atoms with Gasteiger partial charge in [-0.1, -0.05) is 60.1 Å². The third kappa shape index (κ3) is 9.17. The molecule has 0 spiro atoms. The zero-order valence-corrected chi connectivity index (χ0v) is 27.9. The number of piperidine rings is 1. The summed E-state index contributed by atoms with van der Waals surface area (Å²) in [6.45, 7) is -22.1. The molecule has 1 aliphatic rings. The zero-order chi connectivity index (χ0) is 57.2. The fraction of sp³-hybridized carbons (Fsp3) is 0.317. The van der Waals surface area contributed by atoms with Crippen molar-refractivity contribution in [3.8, 4) is 11.1 Å². The molecule has 278 valence electrons. The maximum Gasteiger partial charge on any atom is 0.416 e. The van der Waals surface area contributed by atoms with Crippen LogP contribution in [-0.4, -0.2) is 59.4 Å². The lowest BCUT2D eigenvalue weighted by Crippen LogP contribution is -2.48. The van der Waals surface area contributed by atoms with Crippen LogP contribution >= 0.6 is 11.8 Å². The molecule has 0 bridgehead atoms. The Bertz CT molecular complexity index is 3110. The Morgan fingerprint density at radius 1 is 1.06 bits per heavy atom. The molecule has 0 N–H and O–H groups in total. The average molecular weight is 772 g/mol. The summed E-state index contributed by atoms with van der Waals surface area (Å²) in [7, 11) is -3.66. The number of nitrogens with zero attached hydrogens (tertiary/aromatic N) is 3. The third-order valence-electron chi connectivity index (χ3n) is 7.41. The summed E-state index contributed by atoms with van der Waals surface area (Å²) >= 11 is 0.0949. The minimum atomic E-state index is -4.89. The van der Waals surface area contributed by atoms with Crippen LogP contribution in [0.15, 0.2) is 101 Å². The Labute approximate surface area is 340 Å². The Morgan fingerprint density at radius 3 is 2.43 bits per heavy atom. The van der Waals surface area contributed by atoms with Crippen molar-refractivity contribution in [2.24, 2.45) is 0 Å². The number of hydrogen-bond donors (Lipinski definition) is 0. The number of carbonyl (C=O) groups is 1. The first-order valence-electron chi connectivity index (χ1n) is 26.2. The van der Waals surface area contributed by atoms with Gasteiger partial charge in [-0.05, 0) is 66.6 Å². The maximum atomic E-state index is 15.8. The van der Waals surface area contributed by atoms with Gasteiger partial charge in [0.2, 0.25) is 5.91 Å². The molecule has 0 unspecified atom stereocenters. The average Bonchev–Trinajstić information content (AvgIpc) is 3.29. The van der Waals surface area contributed by atoms with Gasteiger partial charge in [-0.3, -0.25) is 9.59 Å². The molecule has 4 aromatic carbocycles. The van der Waals surface area contributed by atoms with Gasteiger partial charge in [-0.15, -0.1) is 11.8 Å². The molecule has 5 aromatic rings. The van der Waals surface area contributed by atoms with Gasteiger partial charge in [0.15, 0.2) is 17.1 Å². The number of alkyl halides is 3. The lowest BCUT2D eigenvalue weighted by molar-refractivity contribution is -0.137. The van der Waals surface area contributed by atoms with E-state index in [-0.39, 0.29) is 27.5 Å². The number of ether oxygens (including phenoxy) is 1. The number of methoxy groups -OCH3 is 1.